The highest BCUT2D eigenvalue weighted by Gasteiger charge is 2.42. The maximum atomic E-state index is 15.5. The molecule has 0 spiro atoms. The summed E-state index contributed by atoms with van der Waals surface area (Å²) in [6.45, 7) is 2.93. The lowest BCUT2D eigenvalue weighted by molar-refractivity contribution is 0.0497. The minimum atomic E-state index is -5.10. The molecule has 1 saturated carbocycles. The first-order valence-electron chi connectivity index (χ1n) is 12.7. The van der Waals surface area contributed by atoms with Crippen LogP contribution in [-0.2, 0) is 13.9 Å². The number of fused-ring (bicyclic) bond motifs is 1. The molecule has 1 aromatic carbocycles. The van der Waals surface area contributed by atoms with Crippen LogP contribution in [-0.4, -0.2) is 62.3 Å². The topological polar surface area (TPSA) is 176 Å². The molecule has 0 bridgehead atoms. The third-order valence-electron chi connectivity index (χ3n) is 7.15. The molecular weight excluding hydrogens is 557 g/mol. The average molecular weight is 590 g/mol. The Labute approximate surface area is 224 Å². The van der Waals surface area contributed by atoms with Crippen molar-refractivity contribution in [2.75, 3.05) is 31.7 Å². The molecule has 1 aliphatic heterocycles. The molecule has 1 aliphatic carbocycles. The van der Waals surface area contributed by atoms with Crippen LogP contribution in [0, 0.1) is 11.7 Å². The third-order valence-corrected chi connectivity index (χ3v) is 11.0. The van der Waals surface area contributed by atoms with Crippen molar-refractivity contribution in [3.63, 3.8) is 0 Å². The zero-order valence-electron chi connectivity index (χ0n) is 21.7. The second-order valence-electron chi connectivity index (χ2n) is 10.3. The van der Waals surface area contributed by atoms with Crippen molar-refractivity contribution in [1.82, 2.24) is 4.57 Å². The zero-order chi connectivity index (χ0) is 28.7. The molecule has 4 N–H and O–H groups in total. The third kappa shape index (κ3) is 6.39. The predicted octanol–water partition coefficient (Wildman–Crippen LogP) is 3.34. The number of carbonyl (C=O) groups is 1. The van der Waals surface area contributed by atoms with E-state index in [1.807, 2.05) is 4.90 Å². The quantitative estimate of drug-likeness (QED) is 0.181. The Hall–Kier alpha value is -2.27. The molecule has 12 nitrogen and oxygen atoms in total. The minimum Gasteiger partial charge on any atom is -0.492 e. The van der Waals surface area contributed by atoms with Crippen LogP contribution >= 0.6 is 15.2 Å². The fourth-order valence-electron chi connectivity index (χ4n) is 5.15. The molecule has 4 rings (SSSR count). The van der Waals surface area contributed by atoms with E-state index in [0.717, 1.165) is 31.7 Å². The van der Waals surface area contributed by atoms with E-state index in [1.54, 1.807) is 4.57 Å². The van der Waals surface area contributed by atoms with Gasteiger partial charge in [0.1, 0.15) is 11.3 Å². The van der Waals surface area contributed by atoms with Crippen molar-refractivity contribution in [2.24, 2.45) is 5.92 Å². The molecule has 2 heterocycles. The summed E-state index contributed by atoms with van der Waals surface area (Å²) < 4.78 is 50.9. The Morgan fingerprint density at radius 2 is 1.85 bits per heavy atom. The van der Waals surface area contributed by atoms with E-state index in [2.05, 4.69) is 6.92 Å². The minimum absolute atomic E-state index is 0.0283. The number of piperidine rings is 1. The molecule has 1 atom stereocenters. The molecule has 1 unspecified atom stereocenters. The number of rotatable bonds is 10. The van der Waals surface area contributed by atoms with Crippen LogP contribution in [0.25, 0.3) is 10.9 Å². The van der Waals surface area contributed by atoms with Gasteiger partial charge in [0.15, 0.2) is 17.0 Å². The molecule has 2 aromatic rings. The number of hydrogen-bond donors (Lipinski definition) is 4. The van der Waals surface area contributed by atoms with Crippen molar-refractivity contribution in [3.8, 4) is 5.75 Å². The number of carbonyl (C=O) groups excluding carboxylic acids is 1. The van der Waals surface area contributed by atoms with Gasteiger partial charge in [-0.15, -0.1) is 0 Å². The number of esters is 1. The fourth-order valence-corrected chi connectivity index (χ4v) is 7.76. The molecule has 15 heteroatoms. The first kappa shape index (κ1) is 29.7. The van der Waals surface area contributed by atoms with Crippen LogP contribution in [0.1, 0.15) is 61.8 Å². The normalized spacial score (nSPS) is 18.6. The molecule has 216 valence electrons. The summed E-state index contributed by atoms with van der Waals surface area (Å²) in [6, 6.07) is 1.09. The second kappa shape index (κ2) is 11.3. The first-order chi connectivity index (χ1) is 18.2. The Kier molecular flexibility index (Phi) is 8.61. The highest BCUT2D eigenvalue weighted by atomic mass is 31.2. The van der Waals surface area contributed by atoms with Crippen molar-refractivity contribution in [1.29, 1.82) is 0 Å². The van der Waals surface area contributed by atoms with Crippen LogP contribution in [0.3, 0.4) is 0 Å². The number of anilines is 1. The number of methoxy groups -OCH3 is 1. The van der Waals surface area contributed by atoms with Crippen LogP contribution in [0.5, 0.6) is 5.75 Å². The predicted molar refractivity (Wildman–Crippen MR) is 141 cm³/mol. The molecule has 0 radical (unpaired) electrons. The van der Waals surface area contributed by atoms with E-state index in [1.165, 1.54) is 13.3 Å². The maximum absolute atomic E-state index is 15.5. The number of ether oxygens (including phenoxy) is 2. The van der Waals surface area contributed by atoms with Crippen LogP contribution in [0.4, 0.5) is 10.1 Å². The number of nitrogens with zero attached hydrogens (tertiary/aromatic N) is 2. The maximum Gasteiger partial charge on any atom is 0.343 e. The number of pyridine rings is 1. The van der Waals surface area contributed by atoms with E-state index >= 15 is 4.39 Å². The number of hydrogen-bond acceptors (Lipinski definition) is 7. The number of aromatic nitrogens is 1. The van der Waals surface area contributed by atoms with Crippen LogP contribution in [0.15, 0.2) is 17.1 Å². The molecule has 1 saturated heterocycles. The SMILES string of the molecule is COc1c(N2CCCC(C)C2)c(F)cc2c(=O)c(C(=O)OCCCC(P(=O)(O)O)P(=O)(O)O)cn(C3CC3)c12. The van der Waals surface area contributed by atoms with E-state index in [9.17, 15) is 38.3 Å². The summed E-state index contributed by atoms with van der Waals surface area (Å²) in [4.78, 5) is 65.1. The van der Waals surface area contributed by atoms with E-state index < -0.39 is 50.8 Å². The van der Waals surface area contributed by atoms with Gasteiger partial charge in [-0.05, 0) is 50.5 Å². The van der Waals surface area contributed by atoms with Gasteiger partial charge in [-0.2, -0.15) is 0 Å². The molecular formula is C24H33FN2O10P2. The Bertz CT molecular complexity index is 1390. The fraction of sp³-hybridized carbons (Fsp3) is 0.583. The summed E-state index contributed by atoms with van der Waals surface area (Å²) in [7, 11) is -8.79. The van der Waals surface area contributed by atoms with Gasteiger partial charge in [0.25, 0.3) is 0 Å². The van der Waals surface area contributed by atoms with Gasteiger partial charge in [0.05, 0.1) is 24.6 Å². The van der Waals surface area contributed by atoms with Gasteiger partial charge < -0.3 is 38.5 Å². The van der Waals surface area contributed by atoms with Crippen molar-refractivity contribution in [3.05, 3.63) is 33.9 Å². The molecule has 2 aliphatic rings. The summed E-state index contributed by atoms with van der Waals surface area (Å²) in [5.41, 5.74) is -0.435. The highest BCUT2D eigenvalue weighted by Crippen LogP contribution is 2.61. The van der Waals surface area contributed by atoms with Gasteiger partial charge >= 0.3 is 21.2 Å². The Balaban J connectivity index is 1.65. The smallest absolute Gasteiger partial charge is 0.343 e. The molecule has 39 heavy (non-hydrogen) atoms. The van der Waals surface area contributed by atoms with E-state index in [4.69, 9.17) is 9.47 Å². The van der Waals surface area contributed by atoms with Crippen molar-refractivity contribution in [2.45, 2.75) is 56.9 Å². The highest BCUT2D eigenvalue weighted by molar-refractivity contribution is 7.70. The number of halogens is 1. The van der Waals surface area contributed by atoms with Gasteiger partial charge in [0.2, 0.25) is 5.43 Å². The van der Waals surface area contributed by atoms with Crippen molar-refractivity contribution < 1.29 is 47.4 Å². The van der Waals surface area contributed by atoms with Crippen LogP contribution in [0.2, 0.25) is 0 Å². The average Bonchev–Trinajstić information content (AvgIpc) is 3.67. The Morgan fingerprint density at radius 1 is 1.18 bits per heavy atom. The Morgan fingerprint density at radius 3 is 2.41 bits per heavy atom. The van der Waals surface area contributed by atoms with Gasteiger partial charge in [-0.25, -0.2) is 9.18 Å². The first-order valence-corrected chi connectivity index (χ1v) is 16.1. The monoisotopic (exact) mass is 590 g/mol. The number of benzene rings is 1. The van der Waals surface area contributed by atoms with Gasteiger partial charge in [0, 0.05) is 25.3 Å². The molecule has 2 fully saturated rings. The lowest BCUT2D eigenvalue weighted by atomic mass is 9.99. The van der Waals surface area contributed by atoms with Crippen molar-refractivity contribution >= 4 is 37.8 Å². The molecule has 0 amide bonds. The van der Waals surface area contributed by atoms with Crippen LogP contribution < -0.4 is 15.1 Å². The second-order valence-corrected chi connectivity index (χ2v) is 14.3. The molecule has 1 aromatic heterocycles. The lowest BCUT2D eigenvalue weighted by Crippen LogP contribution is -2.35. The van der Waals surface area contributed by atoms with Gasteiger partial charge in [-0.1, -0.05) is 6.92 Å². The lowest BCUT2D eigenvalue weighted by Gasteiger charge is -2.34. The largest absolute Gasteiger partial charge is 0.492 e. The summed E-state index contributed by atoms with van der Waals surface area (Å²) in [5, 5.41) is -2.26. The standard InChI is InChI=1S/C24H33FN2O10P2/c1-14-5-3-9-26(12-14)21-18(25)11-16-20(23(21)36-2)27(15-7-8-15)13-17(22(16)28)24(29)37-10-4-6-19(38(30,31)32)39(33,34)35/h11,13-15,19H,3-10,12H2,1-2H3,(H2,30,31,32)(H2,33,34,35). The summed E-state index contributed by atoms with van der Waals surface area (Å²) in [5.74, 6) is -1.09. The zero-order valence-corrected chi connectivity index (χ0v) is 23.4. The van der Waals surface area contributed by atoms with Gasteiger partial charge in [-0.3, -0.25) is 13.9 Å². The van der Waals surface area contributed by atoms with E-state index in [0.29, 0.717) is 24.5 Å². The summed E-state index contributed by atoms with van der Waals surface area (Å²) in [6.07, 6.45) is 3.99. The summed E-state index contributed by atoms with van der Waals surface area (Å²) >= 11 is 0. The van der Waals surface area contributed by atoms with E-state index in [-0.39, 0.29) is 34.8 Å².